The molecule has 1 saturated carbocycles. The molecule has 0 aromatic carbocycles. The van der Waals surface area contributed by atoms with Crippen LogP contribution < -0.4 is 10.6 Å². The van der Waals surface area contributed by atoms with Crippen molar-refractivity contribution < 1.29 is 5.11 Å². The van der Waals surface area contributed by atoms with Gasteiger partial charge in [0.05, 0.1) is 6.10 Å². The van der Waals surface area contributed by atoms with E-state index in [9.17, 15) is 5.11 Å². The van der Waals surface area contributed by atoms with E-state index in [2.05, 4.69) is 39.5 Å². The van der Waals surface area contributed by atoms with E-state index in [1.165, 1.54) is 0 Å². The summed E-state index contributed by atoms with van der Waals surface area (Å²) in [6, 6.07) is 4.06. The Hall–Kier alpha value is -0.760. The second-order valence-corrected chi connectivity index (χ2v) is 5.33. The quantitative estimate of drug-likeness (QED) is 0.384. The van der Waals surface area contributed by atoms with Crippen LogP contribution in [0.5, 0.6) is 0 Å². The van der Waals surface area contributed by atoms with Crippen molar-refractivity contribution in [1.82, 2.24) is 15.2 Å². The fourth-order valence-corrected chi connectivity index (χ4v) is 2.60. The lowest BCUT2D eigenvalue weighted by Gasteiger charge is -2.15. The minimum atomic E-state index is -0.165. The predicted octanol–water partition coefficient (Wildman–Crippen LogP) is 1.82. The van der Waals surface area contributed by atoms with Crippen LogP contribution in [0.4, 0.5) is 0 Å². The van der Waals surface area contributed by atoms with Gasteiger partial charge < -0.3 is 20.3 Å². The first kappa shape index (κ1) is 18.3. The van der Waals surface area contributed by atoms with E-state index < -0.39 is 0 Å². The number of aliphatic hydroxyl groups is 1. The van der Waals surface area contributed by atoms with E-state index in [0.717, 1.165) is 44.9 Å². The van der Waals surface area contributed by atoms with E-state index in [1.807, 2.05) is 12.1 Å². The summed E-state index contributed by atoms with van der Waals surface area (Å²) in [4.78, 5) is 4.59. The third kappa shape index (κ3) is 6.25. The van der Waals surface area contributed by atoms with Gasteiger partial charge in [0.1, 0.15) is 0 Å². The summed E-state index contributed by atoms with van der Waals surface area (Å²) in [5.74, 6) is 1.17. The van der Waals surface area contributed by atoms with Crippen molar-refractivity contribution in [2.75, 3.05) is 19.6 Å². The second-order valence-electron chi connectivity index (χ2n) is 5.33. The van der Waals surface area contributed by atoms with Crippen LogP contribution in [-0.4, -0.2) is 41.4 Å². The molecule has 2 unspecified atom stereocenters. The summed E-state index contributed by atoms with van der Waals surface area (Å²) < 4.78 is 2.14. The number of guanidine groups is 1. The smallest absolute Gasteiger partial charge is 0.191 e. The van der Waals surface area contributed by atoms with Gasteiger partial charge in [0.2, 0.25) is 0 Å². The van der Waals surface area contributed by atoms with Gasteiger partial charge >= 0.3 is 0 Å². The molecule has 0 spiro atoms. The average molecular weight is 406 g/mol. The molecule has 0 saturated heterocycles. The zero-order chi connectivity index (χ0) is 14.2. The van der Waals surface area contributed by atoms with Crippen LogP contribution in [-0.2, 0) is 6.54 Å². The van der Waals surface area contributed by atoms with Crippen LogP contribution >= 0.6 is 24.0 Å². The first-order valence-electron chi connectivity index (χ1n) is 7.60. The van der Waals surface area contributed by atoms with Crippen LogP contribution in [0.15, 0.2) is 29.5 Å². The van der Waals surface area contributed by atoms with Gasteiger partial charge in [0, 0.05) is 44.5 Å². The third-order valence-corrected chi connectivity index (χ3v) is 3.78. The molecule has 2 atom stereocenters. The molecular weight excluding hydrogens is 379 g/mol. The summed E-state index contributed by atoms with van der Waals surface area (Å²) in [6.07, 6.45) is 7.09. The number of hydrogen-bond acceptors (Lipinski definition) is 2. The first-order chi connectivity index (χ1) is 9.79. The number of aliphatic imine (C=N–C) groups is 1. The van der Waals surface area contributed by atoms with E-state index >= 15 is 0 Å². The maximum atomic E-state index is 9.82. The van der Waals surface area contributed by atoms with Crippen molar-refractivity contribution in [3.63, 3.8) is 0 Å². The van der Waals surface area contributed by atoms with Gasteiger partial charge in [-0.05, 0) is 31.9 Å². The molecule has 120 valence electrons. The number of nitrogens with zero attached hydrogens (tertiary/aromatic N) is 2. The van der Waals surface area contributed by atoms with E-state index in [4.69, 9.17) is 0 Å². The van der Waals surface area contributed by atoms with E-state index in [0.29, 0.717) is 12.5 Å². The average Bonchev–Trinajstić information content (AvgIpc) is 3.08. The first-order valence-corrected chi connectivity index (χ1v) is 7.60. The van der Waals surface area contributed by atoms with Crippen molar-refractivity contribution in [3.05, 3.63) is 24.5 Å². The highest BCUT2D eigenvalue weighted by Gasteiger charge is 2.24. The molecule has 0 aliphatic heterocycles. The summed E-state index contributed by atoms with van der Waals surface area (Å²) in [7, 11) is 0. The zero-order valence-electron chi connectivity index (χ0n) is 12.7. The maximum Gasteiger partial charge on any atom is 0.191 e. The number of rotatable bonds is 6. The molecule has 5 nitrogen and oxygen atoms in total. The molecule has 0 radical (unpaired) electrons. The molecule has 21 heavy (non-hydrogen) atoms. The molecule has 1 aliphatic rings. The molecule has 0 bridgehead atoms. The number of nitrogens with one attached hydrogen (secondary N) is 2. The fraction of sp³-hybridized carbons (Fsp3) is 0.667. The largest absolute Gasteiger partial charge is 0.393 e. The highest BCUT2D eigenvalue weighted by molar-refractivity contribution is 14.0. The number of hydrogen-bond donors (Lipinski definition) is 3. The highest BCUT2D eigenvalue weighted by atomic mass is 127. The Kier molecular flexibility index (Phi) is 8.75. The van der Waals surface area contributed by atoms with Gasteiger partial charge in [-0.3, -0.25) is 4.99 Å². The number of halogens is 1. The van der Waals surface area contributed by atoms with Crippen molar-refractivity contribution in [3.8, 4) is 0 Å². The minimum Gasteiger partial charge on any atom is -0.393 e. The monoisotopic (exact) mass is 406 g/mol. The van der Waals surface area contributed by atoms with Crippen LogP contribution in [0.1, 0.15) is 26.2 Å². The Morgan fingerprint density at radius 2 is 2.05 bits per heavy atom. The molecule has 1 heterocycles. The van der Waals surface area contributed by atoms with Crippen molar-refractivity contribution in [1.29, 1.82) is 0 Å². The van der Waals surface area contributed by atoms with E-state index in [1.54, 1.807) is 0 Å². The number of aliphatic hydroxyl groups excluding tert-OH is 1. The van der Waals surface area contributed by atoms with Crippen LogP contribution in [0, 0.1) is 5.92 Å². The lowest BCUT2D eigenvalue weighted by Crippen LogP contribution is -2.39. The number of aromatic nitrogens is 1. The predicted molar refractivity (Wildman–Crippen MR) is 97.2 cm³/mol. The van der Waals surface area contributed by atoms with Gasteiger partial charge in [-0.15, -0.1) is 24.0 Å². The molecule has 0 amide bonds. The third-order valence-electron chi connectivity index (χ3n) is 3.78. The standard InChI is InChI=1S/C15H26N4O.HI/c1-2-16-15(17-8-11-19-9-3-4-10-19)18-12-13-6-5-7-14(13)20;/h3-4,9-10,13-14,20H,2,5-8,11-12H2,1H3,(H2,16,17,18);1H. The van der Waals surface area contributed by atoms with Crippen LogP contribution in [0.2, 0.25) is 0 Å². The summed E-state index contributed by atoms with van der Waals surface area (Å²) in [6.45, 7) is 5.38. The normalized spacial score (nSPS) is 21.9. The van der Waals surface area contributed by atoms with Gasteiger partial charge in [-0.25, -0.2) is 0 Å². The van der Waals surface area contributed by atoms with Crippen molar-refractivity contribution in [2.24, 2.45) is 10.9 Å². The Morgan fingerprint density at radius 1 is 1.29 bits per heavy atom. The zero-order valence-corrected chi connectivity index (χ0v) is 15.0. The molecule has 1 fully saturated rings. The van der Waals surface area contributed by atoms with Gasteiger partial charge in [0.15, 0.2) is 5.96 Å². The lowest BCUT2D eigenvalue weighted by atomic mass is 10.1. The second kappa shape index (κ2) is 10.0. The Balaban J connectivity index is 0.00000220. The van der Waals surface area contributed by atoms with Gasteiger partial charge in [0.25, 0.3) is 0 Å². The van der Waals surface area contributed by atoms with Crippen molar-refractivity contribution in [2.45, 2.75) is 38.8 Å². The lowest BCUT2D eigenvalue weighted by molar-refractivity contribution is 0.136. The molecular formula is C15H27IN4O. The van der Waals surface area contributed by atoms with Crippen LogP contribution in [0.25, 0.3) is 0 Å². The molecule has 3 N–H and O–H groups in total. The van der Waals surface area contributed by atoms with Crippen LogP contribution in [0.3, 0.4) is 0 Å². The SMILES string of the molecule is CCNC(=NCC1CCCC1O)NCCn1cccc1.I. The molecule has 1 aromatic rings. The topological polar surface area (TPSA) is 61.6 Å². The molecule has 6 heteroatoms. The van der Waals surface area contributed by atoms with Gasteiger partial charge in [-0.2, -0.15) is 0 Å². The minimum absolute atomic E-state index is 0. The molecule has 2 rings (SSSR count). The Bertz CT molecular complexity index is 408. The molecule has 1 aliphatic carbocycles. The maximum absolute atomic E-state index is 9.82. The fourth-order valence-electron chi connectivity index (χ4n) is 2.60. The highest BCUT2D eigenvalue weighted by Crippen LogP contribution is 2.25. The summed E-state index contributed by atoms with van der Waals surface area (Å²) in [5, 5.41) is 16.4. The summed E-state index contributed by atoms with van der Waals surface area (Å²) >= 11 is 0. The Morgan fingerprint density at radius 3 is 2.67 bits per heavy atom. The van der Waals surface area contributed by atoms with E-state index in [-0.39, 0.29) is 30.1 Å². The summed E-state index contributed by atoms with van der Waals surface area (Å²) in [5.41, 5.74) is 0. The molecule has 1 aromatic heterocycles. The van der Waals surface area contributed by atoms with Crippen molar-refractivity contribution >= 4 is 29.9 Å². The van der Waals surface area contributed by atoms with Gasteiger partial charge in [-0.1, -0.05) is 6.42 Å². The Labute approximate surface area is 144 Å².